The standard InChI is InChI=1S/C15H21ClN4O2S/c1-17-15(20-13-6-2-3-7-13)18-9-10-19-23(21,22)14-8-4-5-12(16)11-14/h2-5,8,11,13,19H,6-7,9-10H2,1H3,(H2,17,18,20). The third kappa shape index (κ3) is 5.53. The van der Waals surface area contributed by atoms with Gasteiger partial charge in [0.15, 0.2) is 5.96 Å². The van der Waals surface area contributed by atoms with E-state index >= 15 is 0 Å². The molecule has 2 rings (SSSR count). The first-order valence-corrected chi connectivity index (χ1v) is 9.25. The van der Waals surface area contributed by atoms with Crippen molar-refractivity contribution in [3.05, 3.63) is 41.4 Å². The maximum atomic E-state index is 12.1. The number of hydrogen-bond acceptors (Lipinski definition) is 3. The van der Waals surface area contributed by atoms with Gasteiger partial charge < -0.3 is 10.6 Å². The Labute approximate surface area is 142 Å². The van der Waals surface area contributed by atoms with E-state index in [1.807, 2.05) is 0 Å². The summed E-state index contributed by atoms with van der Waals surface area (Å²) in [5.74, 6) is 0.667. The van der Waals surface area contributed by atoms with Crippen molar-refractivity contribution < 1.29 is 8.42 Å². The Hall–Kier alpha value is -1.57. The highest BCUT2D eigenvalue weighted by Crippen LogP contribution is 2.14. The predicted octanol–water partition coefficient (Wildman–Crippen LogP) is 1.50. The SMILES string of the molecule is CN=C(NCCNS(=O)(=O)c1cccc(Cl)c1)NC1CC=CC1. The van der Waals surface area contributed by atoms with E-state index < -0.39 is 10.0 Å². The van der Waals surface area contributed by atoms with Gasteiger partial charge >= 0.3 is 0 Å². The number of benzene rings is 1. The highest BCUT2D eigenvalue weighted by Gasteiger charge is 2.14. The van der Waals surface area contributed by atoms with Crippen LogP contribution in [0.4, 0.5) is 0 Å². The second-order valence-electron chi connectivity index (χ2n) is 5.14. The van der Waals surface area contributed by atoms with Crippen LogP contribution in [-0.2, 0) is 10.0 Å². The number of nitrogens with zero attached hydrogens (tertiary/aromatic N) is 1. The molecule has 0 unspecified atom stereocenters. The fourth-order valence-corrected chi connectivity index (χ4v) is 3.54. The molecule has 0 bridgehead atoms. The molecule has 1 aromatic carbocycles. The lowest BCUT2D eigenvalue weighted by Crippen LogP contribution is -2.45. The van der Waals surface area contributed by atoms with Crippen LogP contribution in [0, 0.1) is 0 Å². The molecule has 1 aliphatic carbocycles. The van der Waals surface area contributed by atoms with Gasteiger partial charge in [0.05, 0.1) is 4.90 Å². The van der Waals surface area contributed by atoms with Crippen LogP contribution in [0.15, 0.2) is 46.3 Å². The maximum absolute atomic E-state index is 12.1. The third-order valence-electron chi connectivity index (χ3n) is 3.39. The highest BCUT2D eigenvalue weighted by molar-refractivity contribution is 7.89. The summed E-state index contributed by atoms with van der Waals surface area (Å²) in [4.78, 5) is 4.28. The molecule has 23 heavy (non-hydrogen) atoms. The molecule has 3 N–H and O–H groups in total. The average molecular weight is 357 g/mol. The molecule has 8 heteroatoms. The molecule has 0 spiro atoms. The summed E-state index contributed by atoms with van der Waals surface area (Å²) in [5, 5.41) is 6.76. The van der Waals surface area contributed by atoms with E-state index in [0.29, 0.717) is 23.6 Å². The zero-order valence-electron chi connectivity index (χ0n) is 12.9. The van der Waals surface area contributed by atoms with Crippen LogP contribution in [0.3, 0.4) is 0 Å². The Morgan fingerprint density at radius 3 is 2.70 bits per heavy atom. The number of rotatable bonds is 6. The molecule has 0 fully saturated rings. The molecular formula is C15H21ClN4O2S. The molecule has 0 radical (unpaired) electrons. The quantitative estimate of drug-likeness (QED) is 0.312. The Kier molecular flexibility index (Phi) is 6.44. The summed E-state index contributed by atoms with van der Waals surface area (Å²) < 4.78 is 26.8. The molecule has 0 amide bonds. The zero-order valence-corrected chi connectivity index (χ0v) is 14.5. The van der Waals surface area contributed by atoms with Gasteiger partial charge in [-0.15, -0.1) is 0 Å². The number of aliphatic imine (C=N–C) groups is 1. The van der Waals surface area contributed by atoms with Gasteiger partial charge in [0.25, 0.3) is 0 Å². The summed E-state index contributed by atoms with van der Waals surface area (Å²) in [7, 11) is -1.87. The van der Waals surface area contributed by atoms with Crippen molar-refractivity contribution in [2.75, 3.05) is 20.1 Å². The van der Waals surface area contributed by atoms with Crippen LogP contribution in [0.2, 0.25) is 5.02 Å². The van der Waals surface area contributed by atoms with Gasteiger partial charge in [-0.1, -0.05) is 29.8 Å². The van der Waals surface area contributed by atoms with E-state index in [0.717, 1.165) is 12.8 Å². The van der Waals surface area contributed by atoms with Gasteiger partial charge in [-0.05, 0) is 31.0 Å². The van der Waals surface area contributed by atoms with Crippen molar-refractivity contribution in [3.8, 4) is 0 Å². The minimum atomic E-state index is -3.55. The molecule has 1 aliphatic rings. The van der Waals surface area contributed by atoms with Gasteiger partial charge in [0.1, 0.15) is 0 Å². The minimum absolute atomic E-state index is 0.157. The van der Waals surface area contributed by atoms with E-state index in [1.54, 1.807) is 19.2 Å². The van der Waals surface area contributed by atoms with Gasteiger partial charge in [-0.25, -0.2) is 13.1 Å². The summed E-state index contributed by atoms with van der Waals surface area (Å²) >= 11 is 5.82. The third-order valence-corrected chi connectivity index (χ3v) is 5.08. The van der Waals surface area contributed by atoms with Crippen LogP contribution in [0.5, 0.6) is 0 Å². The van der Waals surface area contributed by atoms with Crippen LogP contribution in [0.1, 0.15) is 12.8 Å². The number of nitrogens with one attached hydrogen (secondary N) is 3. The van der Waals surface area contributed by atoms with Crippen LogP contribution >= 0.6 is 11.6 Å². The second-order valence-corrected chi connectivity index (χ2v) is 7.34. The van der Waals surface area contributed by atoms with E-state index in [2.05, 4.69) is 32.5 Å². The molecule has 1 aromatic rings. The number of sulfonamides is 1. The van der Waals surface area contributed by atoms with Crippen molar-refractivity contribution in [1.29, 1.82) is 0 Å². The number of halogens is 1. The first kappa shape index (κ1) is 17.8. The molecule has 126 valence electrons. The Balaban J connectivity index is 1.77. The van der Waals surface area contributed by atoms with Crippen molar-refractivity contribution in [2.45, 2.75) is 23.8 Å². The van der Waals surface area contributed by atoms with E-state index in [4.69, 9.17) is 11.6 Å². The fourth-order valence-electron chi connectivity index (χ4n) is 2.21. The first-order valence-electron chi connectivity index (χ1n) is 7.38. The highest BCUT2D eigenvalue weighted by atomic mass is 35.5. The molecule has 0 aliphatic heterocycles. The molecule has 0 saturated heterocycles. The van der Waals surface area contributed by atoms with Gasteiger partial charge in [-0.3, -0.25) is 4.99 Å². The smallest absolute Gasteiger partial charge is 0.240 e. The molecule has 0 saturated carbocycles. The normalized spacial score (nSPS) is 15.8. The zero-order chi connectivity index (χ0) is 16.7. The molecule has 0 heterocycles. The van der Waals surface area contributed by atoms with Gasteiger partial charge in [0, 0.05) is 31.2 Å². The van der Waals surface area contributed by atoms with E-state index in [-0.39, 0.29) is 11.4 Å². The Morgan fingerprint density at radius 1 is 1.30 bits per heavy atom. The predicted molar refractivity (Wildman–Crippen MR) is 93.3 cm³/mol. The lowest BCUT2D eigenvalue weighted by atomic mass is 10.2. The molecule has 6 nitrogen and oxygen atoms in total. The minimum Gasteiger partial charge on any atom is -0.355 e. The lowest BCUT2D eigenvalue weighted by molar-refractivity contribution is 0.579. The van der Waals surface area contributed by atoms with Crippen molar-refractivity contribution in [1.82, 2.24) is 15.4 Å². The van der Waals surface area contributed by atoms with E-state index in [9.17, 15) is 8.42 Å². The van der Waals surface area contributed by atoms with Crippen LogP contribution in [0.25, 0.3) is 0 Å². The van der Waals surface area contributed by atoms with Gasteiger partial charge in [-0.2, -0.15) is 0 Å². The van der Waals surface area contributed by atoms with Crippen LogP contribution < -0.4 is 15.4 Å². The summed E-state index contributed by atoms with van der Waals surface area (Å²) in [6.07, 6.45) is 6.21. The largest absolute Gasteiger partial charge is 0.355 e. The fraction of sp³-hybridized carbons (Fsp3) is 0.400. The second kappa shape index (κ2) is 8.33. The number of guanidine groups is 1. The summed E-state index contributed by atoms with van der Waals surface area (Å²) in [6.45, 7) is 0.679. The monoisotopic (exact) mass is 356 g/mol. The molecule has 0 aromatic heterocycles. The Bertz CT molecular complexity index is 680. The summed E-state index contributed by atoms with van der Waals surface area (Å²) in [6, 6.07) is 6.52. The average Bonchev–Trinajstić information content (AvgIpc) is 3.03. The first-order chi connectivity index (χ1) is 11.0. The number of hydrogen-bond donors (Lipinski definition) is 3. The molecule has 0 atom stereocenters. The Morgan fingerprint density at radius 2 is 2.04 bits per heavy atom. The van der Waals surface area contributed by atoms with Crippen molar-refractivity contribution in [3.63, 3.8) is 0 Å². The summed E-state index contributed by atoms with van der Waals surface area (Å²) in [5.41, 5.74) is 0. The van der Waals surface area contributed by atoms with Crippen molar-refractivity contribution >= 4 is 27.6 Å². The van der Waals surface area contributed by atoms with Crippen LogP contribution in [-0.4, -0.2) is 40.6 Å². The van der Waals surface area contributed by atoms with Gasteiger partial charge in [0.2, 0.25) is 10.0 Å². The maximum Gasteiger partial charge on any atom is 0.240 e. The lowest BCUT2D eigenvalue weighted by Gasteiger charge is -2.17. The molecular weight excluding hydrogens is 336 g/mol. The van der Waals surface area contributed by atoms with E-state index in [1.165, 1.54) is 12.1 Å². The van der Waals surface area contributed by atoms with Crippen molar-refractivity contribution in [2.24, 2.45) is 4.99 Å². The topological polar surface area (TPSA) is 82.6 Å².